The van der Waals surface area contributed by atoms with Gasteiger partial charge in [0, 0.05) is 13.0 Å². The molecule has 0 bridgehead atoms. The van der Waals surface area contributed by atoms with Crippen LogP contribution in [0.5, 0.6) is 0 Å². The summed E-state index contributed by atoms with van der Waals surface area (Å²) in [5, 5.41) is 13.4. The largest absolute Gasteiger partial charge is 0.416 e. The second kappa shape index (κ2) is 7.81. The molecule has 8 nitrogen and oxygen atoms in total. The number of carbonyl (C=O) groups excluding carboxylic acids is 2. The van der Waals surface area contributed by atoms with Gasteiger partial charge in [0.05, 0.1) is 10.5 Å². The number of anilines is 1. The van der Waals surface area contributed by atoms with Crippen molar-refractivity contribution >= 4 is 23.2 Å². The second-order valence-electron chi connectivity index (χ2n) is 5.52. The van der Waals surface area contributed by atoms with Crippen LogP contribution in [0.25, 0.3) is 0 Å². The molecule has 0 spiro atoms. The van der Waals surface area contributed by atoms with Gasteiger partial charge < -0.3 is 5.32 Å². The number of nitrogens with zero attached hydrogens (tertiary/aromatic N) is 1. The molecular formula is C14H17F3N4O4. The fourth-order valence-electron chi connectivity index (χ4n) is 1.93. The Bertz CT molecular complexity index is 677. The van der Waals surface area contributed by atoms with Gasteiger partial charge in [0.25, 0.3) is 11.6 Å². The third-order valence-corrected chi connectivity index (χ3v) is 3.15. The van der Waals surface area contributed by atoms with Crippen LogP contribution in [0.15, 0.2) is 18.2 Å². The highest BCUT2D eigenvalue weighted by molar-refractivity contribution is 5.88. The number of halogens is 3. The number of hydrogen-bond acceptors (Lipinski definition) is 5. The molecule has 1 unspecified atom stereocenters. The summed E-state index contributed by atoms with van der Waals surface area (Å²) in [5.41, 5.74) is 2.01. The zero-order valence-corrected chi connectivity index (χ0v) is 13.6. The maximum Gasteiger partial charge on any atom is 0.416 e. The first kappa shape index (κ1) is 20.2. The number of benzene rings is 1. The van der Waals surface area contributed by atoms with Gasteiger partial charge in [-0.1, -0.05) is 13.8 Å². The van der Waals surface area contributed by atoms with Crippen molar-refractivity contribution in [3.8, 4) is 0 Å². The van der Waals surface area contributed by atoms with Crippen LogP contribution in [-0.4, -0.2) is 22.8 Å². The van der Waals surface area contributed by atoms with E-state index in [9.17, 15) is 32.9 Å². The van der Waals surface area contributed by atoms with E-state index in [2.05, 4.69) is 16.2 Å². The SMILES string of the molecule is CC(=O)NC(C(=O)NNc1ccc(C(F)(F)F)cc1[N+](=O)[O-])C(C)C. The van der Waals surface area contributed by atoms with E-state index in [0.717, 1.165) is 6.07 Å². The average Bonchev–Trinajstić information content (AvgIpc) is 2.48. The summed E-state index contributed by atoms with van der Waals surface area (Å²) in [7, 11) is 0. The van der Waals surface area contributed by atoms with Gasteiger partial charge in [-0.2, -0.15) is 13.2 Å². The molecule has 1 aromatic rings. The summed E-state index contributed by atoms with van der Waals surface area (Å²) in [5.74, 6) is -1.43. The Morgan fingerprint density at radius 1 is 1.24 bits per heavy atom. The molecule has 0 aliphatic heterocycles. The number of amides is 2. The van der Waals surface area contributed by atoms with Gasteiger partial charge >= 0.3 is 6.18 Å². The van der Waals surface area contributed by atoms with E-state index in [4.69, 9.17) is 0 Å². The lowest BCUT2D eigenvalue weighted by Crippen LogP contribution is -2.50. The summed E-state index contributed by atoms with van der Waals surface area (Å²) in [6.07, 6.45) is -4.74. The van der Waals surface area contributed by atoms with Crippen molar-refractivity contribution in [3.05, 3.63) is 33.9 Å². The third-order valence-electron chi connectivity index (χ3n) is 3.15. The number of carbonyl (C=O) groups is 2. The maximum atomic E-state index is 12.6. The topological polar surface area (TPSA) is 113 Å². The van der Waals surface area contributed by atoms with Crippen LogP contribution in [0.4, 0.5) is 24.5 Å². The Balaban J connectivity index is 2.97. The van der Waals surface area contributed by atoms with E-state index in [1.165, 1.54) is 6.92 Å². The molecule has 0 aliphatic carbocycles. The minimum atomic E-state index is -4.74. The van der Waals surface area contributed by atoms with Crippen LogP contribution in [0.2, 0.25) is 0 Å². The molecule has 2 amide bonds. The van der Waals surface area contributed by atoms with Crippen molar-refractivity contribution in [1.82, 2.24) is 10.7 Å². The van der Waals surface area contributed by atoms with Crippen molar-refractivity contribution in [2.24, 2.45) is 5.92 Å². The molecule has 0 saturated heterocycles. The van der Waals surface area contributed by atoms with Gasteiger partial charge in [0.1, 0.15) is 11.7 Å². The molecule has 0 aliphatic rings. The fourth-order valence-corrected chi connectivity index (χ4v) is 1.93. The highest BCUT2D eigenvalue weighted by Crippen LogP contribution is 2.34. The highest BCUT2D eigenvalue weighted by Gasteiger charge is 2.33. The zero-order chi connectivity index (χ0) is 19.4. The van der Waals surface area contributed by atoms with E-state index in [1.54, 1.807) is 13.8 Å². The van der Waals surface area contributed by atoms with Gasteiger partial charge in [0.2, 0.25) is 5.91 Å². The number of nitro benzene ring substituents is 1. The monoisotopic (exact) mass is 362 g/mol. The van der Waals surface area contributed by atoms with Crippen molar-refractivity contribution in [3.63, 3.8) is 0 Å². The number of hydrogen-bond donors (Lipinski definition) is 3. The Labute approximate surface area is 140 Å². The highest BCUT2D eigenvalue weighted by atomic mass is 19.4. The number of nitrogens with one attached hydrogen (secondary N) is 3. The van der Waals surface area contributed by atoms with E-state index in [0.29, 0.717) is 12.1 Å². The van der Waals surface area contributed by atoms with E-state index >= 15 is 0 Å². The number of alkyl halides is 3. The first-order chi connectivity index (χ1) is 11.4. The fraction of sp³-hybridized carbons (Fsp3) is 0.429. The number of nitro groups is 1. The molecule has 3 N–H and O–H groups in total. The van der Waals surface area contributed by atoms with Crippen LogP contribution in [0.3, 0.4) is 0 Å². The smallest absolute Gasteiger partial charge is 0.344 e. The minimum absolute atomic E-state index is 0.284. The summed E-state index contributed by atoms with van der Waals surface area (Å²) < 4.78 is 37.9. The minimum Gasteiger partial charge on any atom is -0.344 e. The first-order valence-corrected chi connectivity index (χ1v) is 7.12. The van der Waals surface area contributed by atoms with Crippen molar-refractivity contribution in [2.45, 2.75) is 33.0 Å². The molecule has 1 rings (SSSR count). The number of rotatable bonds is 6. The van der Waals surface area contributed by atoms with Crippen molar-refractivity contribution in [2.75, 3.05) is 5.43 Å². The van der Waals surface area contributed by atoms with Gasteiger partial charge in [0.15, 0.2) is 0 Å². The summed E-state index contributed by atoms with van der Waals surface area (Å²) in [6, 6.07) is 0.931. The van der Waals surface area contributed by atoms with Crippen LogP contribution < -0.4 is 16.2 Å². The Morgan fingerprint density at radius 3 is 2.28 bits per heavy atom. The molecule has 0 saturated carbocycles. The molecule has 0 fully saturated rings. The van der Waals surface area contributed by atoms with Crippen LogP contribution in [0, 0.1) is 16.0 Å². The molecular weight excluding hydrogens is 345 g/mol. The van der Waals surface area contributed by atoms with E-state index in [1.807, 2.05) is 0 Å². The van der Waals surface area contributed by atoms with E-state index in [-0.39, 0.29) is 11.6 Å². The quantitative estimate of drug-likeness (QED) is 0.530. The summed E-state index contributed by atoms with van der Waals surface area (Å²) >= 11 is 0. The summed E-state index contributed by atoms with van der Waals surface area (Å²) in [6.45, 7) is 4.55. The molecule has 1 atom stereocenters. The molecule has 11 heteroatoms. The van der Waals surface area contributed by atoms with E-state index < -0.39 is 40.2 Å². The molecule has 25 heavy (non-hydrogen) atoms. The lowest BCUT2D eigenvalue weighted by Gasteiger charge is -2.21. The first-order valence-electron chi connectivity index (χ1n) is 7.12. The predicted octanol–water partition coefficient (Wildman–Crippen LogP) is 2.22. The molecule has 0 heterocycles. The standard InChI is InChI=1S/C14H17F3N4O4/c1-7(2)12(18-8(3)22)13(23)20-19-10-5-4-9(14(15,16)17)6-11(10)21(24)25/h4-7,12,19H,1-3H3,(H,18,22)(H,20,23). The lowest BCUT2D eigenvalue weighted by molar-refractivity contribution is -0.384. The Kier molecular flexibility index (Phi) is 6.31. The molecule has 138 valence electrons. The summed E-state index contributed by atoms with van der Waals surface area (Å²) in [4.78, 5) is 33.1. The number of hydrazine groups is 1. The zero-order valence-electron chi connectivity index (χ0n) is 13.6. The van der Waals surface area contributed by atoms with Gasteiger partial charge in [-0.3, -0.25) is 30.6 Å². The Morgan fingerprint density at radius 2 is 1.84 bits per heavy atom. The van der Waals surface area contributed by atoms with Crippen LogP contribution in [-0.2, 0) is 15.8 Å². The average molecular weight is 362 g/mol. The molecule has 0 aromatic heterocycles. The van der Waals surface area contributed by atoms with Gasteiger partial charge in [-0.15, -0.1) is 0 Å². The third kappa shape index (κ3) is 5.62. The van der Waals surface area contributed by atoms with Crippen LogP contribution >= 0.6 is 0 Å². The van der Waals surface area contributed by atoms with Gasteiger partial charge in [-0.25, -0.2) is 0 Å². The van der Waals surface area contributed by atoms with Crippen LogP contribution in [0.1, 0.15) is 26.3 Å². The maximum absolute atomic E-state index is 12.6. The molecule has 1 aromatic carbocycles. The van der Waals surface area contributed by atoms with Crippen molar-refractivity contribution < 1.29 is 27.7 Å². The lowest BCUT2D eigenvalue weighted by atomic mass is 10.0. The van der Waals surface area contributed by atoms with Crippen molar-refractivity contribution in [1.29, 1.82) is 0 Å². The Hall–Kier alpha value is -2.85. The second-order valence-corrected chi connectivity index (χ2v) is 5.52. The predicted molar refractivity (Wildman–Crippen MR) is 82.3 cm³/mol. The van der Waals surface area contributed by atoms with Gasteiger partial charge in [-0.05, 0) is 18.1 Å². The normalized spacial score (nSPS) is 12.4. The molecule has 0 radical (unpaired) electrons.